The van der Waals surface area contributed by atoms with Crippen molar-refractivity contribution in [3.63, 3.8) is 0 Å². The second-order valence-corrected chi connectivity index (χ2v) is 2.85. The Morgan fingerprint density at radius 1 is 1.80 bits per heavy atom. The lowest BCUT2D eigenvalue weighted by Crippen LogP contribution is -2.04. The van der Waals surface area contributed by atoms with E-state index in [1.54, 1.807) is 7.11 Å². The zero-order valence-electron chi connectivity index (χ0n) is 6.00. The van der Waals surface area contributed by atoms with Crippen LogP contribution in [0.4, 0.5) is 0 Å². The molecule has 2 N–H and O–H groups in total. The summed E-state index contributed by atoms with van der Waals surface area (Å²) in [5.74, 6) is 0. The first-order chi connectivity index (χ1) is 4.74. The molecular weight excluding hydrogens is 148 g/mol. The van der Waals surface area contributed by atoms with Crippen molar-refractivity contribution in [2.45, 2.75) is 13.0 Å². The monoisotopic (exact) mass is 158 g/mol. The van der Waals surface area contributed by atoms with Crippen LogP contribution in [0.25, 0.3) is 0 Å². The van der Waals surface area contributed by atoms with Crippen LogP contribution in [-0.2, 0) is 0 Å². The molecule has 0 fully saturated rings. The fourth-order valence-electron chi connectivity index (χ4n) is 0.572. The Morgan fingerprint density at radius 2 is 2.50 bits per heavy atom. The maximum absolute atomic E-state index is 5.57. The highest BCUT2D eigenvalue weighted by atomic mass is 32.1. The van der Waals surface area contributed by atoms with E-state index < -0.39 is 0 Å². The standard InChI is InChI=1S/C6H10N2OS/c1-4(7)5-3-10-6(8-5)9-2/h3-4H,7H2,1-2H3. The van der Waals surface area contributed by atoms with Gasteiger partial charge in [0, 0.05) is 11.4 Å². The number of hydrogen-bond donors (Lipinski definition) is 1. The van der Waals surface area contributed by atoms with E-state index in [2.05, 4.69) is 4.98 Å². The van der Waals surface area contributed by atoms with E-state index in [1.165, 1.54) is 11.3 Å². The van der Waals surface area contributed by atoms with Crippen molar-refractivity contribution in [3.8, 4) is 5.19 Å². The third kappa shape index (κ3) is 1.46. The summed E-state index contributed by atoms with van der Waals surface area (Å²) in [7, 11) is 1.60. The zero-order chi connectivity index (χ0) is 7.56. The summed E-state index contributed by atoms with van der Waals surface area (Å²) in [4.78, 5) is 4.10. The predicted molar refractivity (Wildman–Crippen MR) is 41.3 cm³/mol. The van der Waals surface area contributed by atoms with Crippen molar-refractivity contribution in [2.75, 3.05) is 7.11 Å². The molecule has 0 radical (unpaired) electrons. The van der Waals surface area contributed by atoms with Gasteiger partial charge in [0.05, 0.1) is 12.8 Å². The number of nitrogens with two attached hydrogens (primary N) is 1. The summed E-state index contributed by atoms with van der Waals surface area (Å²) < 4.78 is 4.90. The van der Waals surface area contributed by atoms with Crippen molar-refractivity contribution < 1.29 is 4.74 Å². The summed E-state index contributed by atoms with van der Waals surface area (Å²) in [6.07, 6.45) is 0. The smallest absolute Gasteiger partial charge is 0.273 e. The highest BCUT2D eigenvalue weighted by molar-refractivity contribution is 7.11. The molecule has 1 aromatic heterocycles. The van der Waals surface area contributed by atoms with E-state index in [0.29, 0.717) is 5.19 Å². The maximum atomic E-state index is 5.57. The molecule has 0 saturated carbocycles. The molecule has 0 aliphatic heterocycles. The fraction of sp³-hybridized carbons (Fsp3) is 0.500. The van der Waals surface area contributed by atoms with Crippen LogP contribution in [0.1, 0.15) is 18.7 Å². The number of rotatable bonds is 2. The third-order valence-corrected chi connectivity index (χ3v) is 1.96. The number of thiazole rings is 1. The van der Waals surface area contributed by atoms with Gasteiger partial charge in [-0.2, -0.15) is 0 Å². The average Bonchev–Trinajstić information content (AvgIpc) is 2.34. The molecular formula is C6H10N2OS. The average molecular weight is 158 g/mol. The summed E-state index contributed by atoms with van der Waals surface area (Å²) >= 11 is 1.46. The molecule has 0 spiro atoms. The second-order valence-electron chi connectivity index (χ2n) is 2.03. The van der Waals surface area contributed by atoms with Crippen molar-refractivity contribution >= 4 is 11.3 Å². The van der Waals surface area contributed by atoms with E-state index in [9.17, 15) is 0 Å². The van der Waals surface area contributed by atoms with Gasteiger partial charge in [0.15, 0.2) is 0 Å². The Kier molecular flexibility index (Phi) is 2.24. The van der Waals surface area contributed by atoms with Crippen LogP contribution in [0.2, 0.25) is 0 Å². The molecule has 10 heavy (non-hydrogen) atoms. The highest BCUT2D eigenvalue weighted by Crippen LogP contribution is 2.20. The third-order valence-electron chi connectivity index (χ3n) is 1.14. The molecule has 1 rings (SSSR count). The first kappa shape index (κ1) is 7.50. The topological polar surface area (TPSA) is 48.1 Å². The van der Waals surface area contributed by atoms with Crippen LogP contribution in [0.5, 0.6) is 5.19 Å². The second kappa shape index (κ2) is 2.98. The van der Waals surface area contributed by atoms with Gasteiger partial charge in [0.1, 0.15) is 0 Å². The summed E-state index contributed by atoms with van der Waals surface area (Å²) in [6, 6.07) is 0.000139. The van der Waals surface area contributed by atoms with Gasteiger partial charge in [-0.15, -0.1) is 0 Å². The predicted octanol–water partition coefficient (Wildman–Crippen LogP) is 1.17. The quantitative estimate of drug-likeness (QED) is 0.702. The van der Waals surface area contributed by atoms with Gasteiger partial charge in [-0.3, -0.25) is 0 Å². The fourth-order valence-corrected chi connectivity index (χ4v) is 1.32. The summed E-state index contributed by atoms with van der Waals surface area (Å²) in [5.41, 5.74) is 6.46. The Hall–Kier alpha value is -0.610. The lowest BCUT2D eigenvalue weighted by molar-refractivity contribution is 0.410. The van der Waals surface area contributed by atoms with E-state index in [1.807, 2.05) is 12.3 Å². The lowest BCUT2D eigenvalue weighted by Gasteiger charge is -1.96. The first-order valence-corrected chi connectivity index (χ1v) is 3.87. The molecule has 0 bridgehead atoms. The van der Waals surface area contributed by atoms with Gasteiger partial charge in [0.2, 0.25) is 0 Å². The zero-order valence-corrected chi connectivity index (χ0v) is 6.81. The van der Waals surface area contributed by atoms with Gasteiger partial charge in [-0.05, 0) is 6.92 Å². The van der Waals surface area contributed by atoms with Crippen molar-refractivity contribution in [2.24, 2.45) is 5.73 Å². The molecule has 1 heterocycles. The van der Waals surface area contributed by atoms with Crippen LogP contribution in [0.3, 0.4) is 0 Å². The Labute approximate surface area is 63.8 Å². The summed E-state index contributed by atoms with van der Waals surface area (Å²) in [5, 5.41) is 2.58. The SMILES string of the molecule is COc1nc(C(C)N)cs1. The normalized spacial score (nSPS) is 13.1. The van der Waals surface area contributed by atoms with Crippen molar-refractivity contribution in [1.29, 1.82) is 0 Å². The Balaban J connectivity index is 2.78. The minimum atomic E-state index is 0.000139. The van der Waals surface area contributed by atoms with Gasteiger partial charge in [-0.25, -0.2) is 4.98 Å². The largest absolute Gasteiger partial charge is 0.473 e. The van der Waals surface area contributed by atoms with Crippen LogP contribution >= 0.6 is 11.3 Å². The Bertz CT molecular complexity index is 209. The number of aromatic nitrogens is 1. The molecule has 0 amide bonds. The van der Waals surface area contributed by atoms with E-state index >= 15 is 0 Å². The molecule has 0 saturated heterocycles. The molecule has 1 atom stereocenters. The molecule has 3 nitrogen and oxygen atoms in total. The summed E-state index contributed by atoms with van der Waals surface area (Å²) in [6.45, 7) is 1.90. The van der Waals surface area contributed by atoms with Gasteiger partial charge in [-0.1, -0.05) is 11.3 Å². The van der Waals surface area contributed by atoms with E-state index in [0.717, 1.165) is 5.69 Å². The number of ether oxygens (including phenoxy) is 1. The maximum Gasteiger partial charge on any atom is 0.273 e. The molecule has 1 unspecified atom stereocenters. The molecule has 56 valence electrons. The van der Waals surface area contributed by atoms with Crippen LogP contribution in [0, 0.1) is 0 Å². The highest BCUT2D eigenvalue weighted by Gasteiger charge is 2.04. The van der Waals surface area contributed by atoms with Crippen LogP contribution < -0.4 is 10.5 Å². The number of nitrogens with zero attached hydrogens (tertiary/aromatic N) is 1. The van der Waals surface area contributed by atoms with Gasteiger partial charge >= 0.3 is 0 Å². The number of hydrogen-bond acceptors (Lipinski definition) is 4. The van der Waals surface area contributed by atoms with Crippen molar-refractivity contribution in [1.82, 2.24) is 4.98 Å². The van der Waals surface area contributed by atoms with Gasteiger partial charge < -0.3 is 10.5 Å². The lowest BCUT2D eigenvalue weighted by atomic mass is 10.3. The van der Waals surface area contributed by atoms with Crippen LogP contribution in [-0.4, -0.2) is 12.1 Å². The minimum Gasteiger partial charge on any atom is -0.473 e. The Morgan fingerprint density at radius 3 is 2.80 bits per heavy atom. The van der Waals surface area contributed by atoms with Gasteiger partial charge in [0.25, 0.3) is 5.19 Å². The van der Waals surface area contributed by atoms with E-state index in [-0.39, 0.29) is 6.04 Å². The van der Waals surface area contributed by atoms with Crippen molar-refractivity contribution in [3.05, 3.63) is 11.1 Å². The molecule has 0 aliphatic carbocycles. The minimum absolute atomic E-state index is 0.000139. The first-order valence-electron chi connectivity index (χ1n) is 2.99. The number of methoxy groups -OCH3 is 1. The van der Waals surface area contributed by atoms with Crippen LogP contribution in [0.15, 0.2) is 5.38 Å². The molecule has 0 aromatic carbocycles. The molecule has 1 aromatic rings. The van der Waals surface area contributed by atoms with E-state index in [4.69, 9.17) is 10.5 Å². The molecule has 4 heteroatoms. The molecule has 0 aliphatic rings.